The highest BCUT2D eigenvalue weighted by atomic mass is 79.9. The average molecular weight is 421 g/mol. The fraction of sp³-hybridized carbons (Fsp3) is 0.444. The van der Waals surface area contributed by atoms with E-state index in [1.165, 1.54) is 0 Å². The smallest absolute Gasteiger partial charge is 0.240 e. The SMILES string of the molecule is [C-]#[N+]c1c(OC2CC2)cc(N2CC(OC)C2)c(F)c1-c1c(Br)cnn1C. The van der Waals surface area contributed by atoms with Gasteiger partial charge in [-0.05, 0) is 34.8 Å². The van der Waals surface area contributed by atoms with Gasteiger partial charge in [-0.2, -0.15) is 5.10 Å². The lowest BCUT2D eigenvalue weighted by molar-refractivity contribution is 0.0783. The summed E-state index contributed by atoms with van der Waals surface area (Å²) in [7, 11) is 3.38. The molecule has 1 aromatic carbocycles. The van der Waals surface area contributed by atoms with Crippen molar-refractivity contribution < 1.29 is 13.9 Å². The minimum absolute atomic E-state index is 0.0922. The number of halogens is 2. The van der Waals surface area contributed by atoms with Crippen LogP contribution in [0, 0.1) is 12.4 Å². The van der Waals surface area contributed by atoms with Crippen LogP contribution in [0.15, 0.2) is 16.7 Å². The van der Waals surface area contributed by atoms with Crippen molar-refractivity contribution in [3.63, 3.8) is 0 Å². The third-order valence-electron chi connectivity index (χ3n) is 4.77. The molecule has 1 aliphatic carbocycles. The predicted molar refractivity (Wildman–Crippen MR) is 99.2 cm³/mol. The molecule has 8 heteroatoms. The summed E-state index contributed by atoms with van der Waals surface area (Å²) >= 11 is 3.43. The zero-order valence-corrected chi connectivity index (χ0v) is 16.1. The third-order valence-corrected chi connectivity index (χ3v) is 5.35. The van der Waals surface area contributed by atoms with Crippen LogP contribution in [0.2, 0.25) is 0 Å². The van der Waals surface area contributed by atoms with Crippen LogP contribution in [0.3, 0.4) is 0 Å². The number of hydrogen-bond acceptors (Lipinski definition) is 4. The van der Waals surface area contributed by atoms with Gasteiger partial charge < -0.3 is 14.4 Å². The van der Waals surface area contributed by atoms with Crippen molar-refractivity contribution in [2.75, 3.05) is 25.1 Å². The molecule has 1 saturated carbocycles. The van der Waals surface area contributed by atoms with Gasteiger partial charge in [0.25, 0.3) is 0 Å². The minimum Gasteiger partial charge on any atom is -0.501 e. The summed E-state index contributed by atoms with van der Waals surface area (Å²) in [5.74, 6) is 0.000803. The normalized spacial score (nSPS) is 17.1. The summed E-state index contributed by atoms with van der Waals surface area (Å²) in [5.41, 5.74) is 1.37. The Labute approximate surface area is 159 Å². The zero-order valence-electron chi connectivity index (χ0n) is 14.5. The molecule has 1 aromatic heterocycles. The number of methoxy groups -OCH3 is 1. The van der Waals surface area contributed by atoms with Gasteiger partial charge in [-0.1, -0.05) is 0 Å². The fourth-order valence-electron chi connectivity index (χ4n) is 3.10. The van der Waals surface area contributed by atoms with Crippen molar-refractivity contribution in [3.05, 3.63) is 34.0 Å². The quantitative estimate of drug-likeness (QED) is 0.687. The van der Waals surface area contributed by atoms with Gasteiger partial charge in [0.05, 0.1) is 40.8 Å². The Kier molecular flexibility index (Phi) is 4.37. The van der Waals surface area contributed by atoms with Crippen LogP contribution in [0.25, 0.3) is 16.1 Å². The molecular weight excluding hydrogens is 403 g/mol. The number of nitrogens with zero attached hydrogens (tertiary/aromatic N) is 4. The first-order valence-electron chi connectivity index (χ1n) is 8.39. The molecule has 2 aliphatic rings. The van der Waals surface area contributed by atoms with Crippen LogP contribution in [0.4, 0.5) is 15.8 Å². The van der Waals surface area contributed by atoms with Crippen LogP contribution in [0.1, 0.15) is 12.8 Å². The molecule has 4 rings (SSSR count). The Balaban J connectivity index is 1.88. The van der Waals surface area contributed by atoms with Crippen molar-refractivity contribution in [2.24, 2.45) is 7.05 Å². The first-order valence-corrected chi connectivity index (χ1v) is 9.19. The topological polar surface area (TPSA) is 43.9 Å². The Morgan fingerprint density at radius 3 is 2.62 bits per heavy atom. The first kappa shape index (κ1) is 17.3. The number of aromatic nitrogens is 2. The van der Waals surface area contributed by atoms with E-state index < -0.39 is 5.82 Å². The first-order chi connectivity index (χ1) is 12.5. The van der Waals surface area contributed by atoms with E-state index in [-0.39, 0.29) is 23.5 Å². The molecule has 0 spiro atoms. The molecule has 26 heavy (non-hydrogen) atoms. The number of aryl methyl sites for hydroxylation is 1. The highest BCUT2D eigenvalue weighted by Crippen LogP contribution is 2.48. The molecule has 2 fully saturated rings. The molecule has 2 heterocycles. The van der Waals surface area contributed by atoms with Gasteiger partial charge in [-0.3, -0.25) is 4.68 Å². The average Bonchev–Trinajstić information content (AvgIpc) is 3.33. The Morgan fingerprint density at radius 1 is 1.35 bits per heavy atom. The highest BCUT2D eigenvalue weighted by molar-refractivity contribution is 9.10. The van der Waals surface area contributed by atoms with Gasteiger partial charge in [0.15, 0.2) is 0 Å². The Morgan fingerprint density at radius 2 is 2.08 bits per heavy atom. The second-order valence-electron chi connectivity index (χ2n) is 6.59. The maximum absolute atomic E-state index is 15.5. The molecule has 136 valence electrons. The van der Waals surface area contributed by atoms with Crippen molar-refractivity contribution in [1.82, 2.24) is 9.78 Å². The number of benzene rings is 1. The van der Waals surface area contributed by atoms with Crippen LogP contribution < -0.4 is 9.64 Å². The molecule has 0 radical (unpaired) electrons. The Hall–Kier alpha value is -2.11. The van der Waals surface area contributed by atoms with Gasteiger partial charge in [0.2, 0.25) is 5.69 Å². The van der Waals surface area contributed by atoms with Crippen LogP contribution in [-0.4, -0.2) is 42.2 Å². The third kappa shape index (κ3) is 2.85. The van der Waals surface area contributed by atoms with E-state index in [0.29, 0.717) is 34.7 Å². The Bertz CT molecular complexity index is 878. The van der Waals surface area contributed by atoms with Gasteiger partial charge >= 0.3 is 0 Å². The van der Waals surface area contributed by atoms with Crippen LogP contribution in [-0.2, 0) is 11.8 Å². The second kappa shape index (κ2) is 6.56. The summed E-state index contributed by atoms with van der Waals surface area (Å²) in [6, 6.07) is 1.65. The molecule has 2 aromatic rings. The van der Waals surface area contributed by atoms with E-state index in [9.17, 15) is 0 Å². The van der Waals surface area contributed by atoms with E-state index in [1.807, 2.05) is 4.90 Å². The number of anilines is 1. The maximum atomic E-state index is 15.5. The molecule has 0 N–H and O–H groups in total. The van der Waals surface area contributed by atoms with Crippen molar-refractivity contribution in [3.8, 4) is 17.0 Å². The van der Waals surface area contributed by atoms with Crippen molar-refractivity contribution >= 4 is 27.3 Å². The second-order valence-corrected chi connectivity index (χ2v) is 7.44. The molecule has 1 aliphatic heterocycles. The standard InChI is InChI=1S/C18H18BrFN4O2/c1-21-17-14(26-10-4-5-10)6-13(24-8-11(9-24)25-3)16(20)15(17)18-12(19)7-22-23(18)2/h6-7,10-11H,4-5,8-9H2,2-3H3. The monoisotopic (exact) mass is 420 g/mol. The summed E-state index contributed by atoms with van der Waals surface area (Å²) in [4.78, 5) is 5.51. The van der Waals surface area contributed by atoms with Gasteiger partial charge in [0.1, 0.15) is 11.6 Å². The highest BCUT2D eigenvalue weighted by Gasteiger charge is 2.34. The molecule has 0 atom stereocenters. The lowest BCUT2D eigenvalue weighted by Gasteiger charge is -2.40. The van der Waals surface area contributed by atoms with Crippen molar-refractivity contribution in [2.45, 2.75) is 25.0 Å². The number of hydrogen-bond donors (Lipinski definition) is 0. The number of ether oxygens (including phenoxy) is 2. The molecular formula is C18H18BrFN4O2. The van der Waals surface area contributed by atoms with E-state index in [4.69, 9.17) is 16.0 Å². The predicted octanol–water partition coefficient (Wildman–Crippen LogP) is 3.92. The molecule has 1 saturated heterocycles. The lowest BCUT2D eigenvalue weighted by Crippen LogP contribution is -2.52. The number of rotatable bonds is 5. The van der Waals surface area contributed by atoms with Crippen LogP contribution >= 0.6 is 15.9 Å². The van der Waals surface area contributed by atoms with Crippen molar-refractivity contribution in [1.29, 1.82) is 0 Å². The van der Waals surface area contributed by atoms with E-state index in [0.717, 1.165) is 12.8 Å². The minimum atomic E-state index is -0.432. The molecule has 6 nitrogen and oxygen atoms in total. The summed E-state index contributed by atoms with van der Waals surface area (Å²) < 4.78 is 29.0. The van der Waals surface area contributed by atoms with E-state index >= 15 is 4.39 Å². The summed E-state index contributed by atoms with van der Waals surface area (Å²) in [5, 5.41) is 4.17. The lowest BCUT2D eigenvalue weighted by atomic mass is 10.0. The van der Waals surface area contributed by atoms with E-state index in [1.54, 1.807) is 31.1 Å². The molecule has 0 unspecified atom stereocenters. The van der Waals surface area contributed by atoms with Gasteiger partial charge in [-0.25, -0.2) is 9.24 Å². The molecule has 0 bridgehead atoms. The fourth-order valence-corrected chi connectivity index (χ4v) is 3.65. The van der Waals surface area contributed by atoms with E-state index in [2.05, 4.69) is 25.9 Å². The van der Waals surface area contributed by atoms with Gasteiger partial charge in [0, 0.05) is 32.8 Å². The van der Waals surface area contributed by atoms with Crippen LogP contribution in [0.5, 0.6) is 5.75 Å². The summed E-state index contributed by atoms with van der Waals surface area (Å²) in [6.45, 7) is 8.85. The zero-order chi connectivity index (χ0) is 18.4. The molecule has 0 amide bonds. The summed E-state index contributed by atoms with van der Waals surface area (Å²) in [6.07, 6.45) is 3.73. The van der Waals surface area contributed by atoms with Gasteiger partial charge in [-0.15, -0.1) is 0 Å². The largest absolute Gasteiger partial charge is 0.501 e. The maximum Gasteiger partial charge on any atom is 0.240 e.